The normalized spacial score (nSPS) is 36.6. The van der Waals surface area contributed by atoms with Gasteiger partial charge in [0, 0.05) is 26.7 Å². The molecule has 3 aliphatic rings. The molecule has 0 aromatic carbocycles. The van der Waals surface area contributed by atoms with E-state index in [9.17, 15) is 24.3 Å². The third-order valence-electron chi connectivity index (χ3n) is 6.73. The molecule has 2 saturated heterocycles. The van der Waals surface area contributed by atoms with E-state index in [1.165, 1.54) is 26.8 Å². The van der Waals surface area contributed by atoms with Crippen molar-refractivity contribution in [2.24, 2.45) is 5.92 Å². The van der Waals surface area contributed by atoms with Crippen molar-refractivity contribution in [2.75, 3.05) is 0 Å². The number of epoxide rings is 1. The van der Waals surface area contributed by atoms with Gasteiger partial charge in [0.1, 0.15) is 35.4 Å². The van der Waals surface area contributed by atoms with Crippen LogP contribution in [-0.4, -0.2) is 58.8 Å². The van der Waals surface area contributed by atoms with Gasteiger partial charge in [0.2, 0.25) is 5.60 Å². The highest BCUT2D eigenvalue weighted by Crippen LogP contribution is 2.54. The van der Waals surface area contributed by atoms with Crippen molar-refractivity contribution < 1.29 is 47.6 Å². The molecule has 4 heterocycles. The number of aliphatic hydroxyl groups is 1. The van der Waals surface area contributed by atoms with Gasteiger partial charge >= 0.3 is 17.9 Å². The Balaban J connectivity index is 1.83. The Morgan fingerprint density at radius 3 is 2.47 bits per heavy atom. The highest BCUT2D eigenvalue weighted by atomic mass is 16.7. The van der Waals surface area contributed by atoms with Crippen LogP contribution in [0.3, 0.4) is 0 Å². The third kappa shape index (κ3) is 4.05. The Bertz CT molecular complexity index is 1050. The van der Waals surface area contributed by atoms with E-state index in [2.05, 4.69) is 6.58 Å². The van der Waals surface area contributed by atoms with Gasteiger partial charge in [-0.25, -0.2) is 4.79 Å². The maximum absolute atomic E-state index is 12.9. The molecule has 0 saturated carbocycles. The molecule has 34 heavy (non-hydrogen) atoms. The largest absolute Gasteiger partial charge is 0.461 e. The third-order valence-corrected chi connectivity index (χ3v) is 6.73. The summed E-state index contributed by atoms with van der Waals surface area (Å²) in [7, 11) is 0. The molecular formula is C24H28O10. The molecule has 7 atom stereocenters. The van der Waals surface area contributed by atoms with E-state index in [-0.39, 0.29) is 36.5 Å². The number of hydrogen-bond donors (Lipinski definition) is 1. The molecule has 0 amide bonds. The summed E-state index contributed by atoms with van der Waals surface area (Å²) in [5, 5.41) is 11.4. The Morgan fingerprint density at radius 2 is 1.91 bits per heavy atom. The fourth-order valence-electron chi connectivity index (χ4n) is 5.00. The first-order valence-corrected chi connectivity index (χ1v) is 11.1. The van der Waals surface area contributed by atoms with Crippen molar-refractivity contribution in [1.82, 2.24) is 0 Å². The molecule has 1 aromatic heterocycles. The zero-order valence-corrected chi connectivity index (χ0v) is 19.5. The topological polar surface area (TPSA) is 142 Å². The van der Waals surface area contributed by atoms with Gasteiger partial charge in [0.25, 0.3) is 0 Å². The maximum atomic E-state index is 12.9. The van der Waals surface area contributed by atoms with Crippen LogP contribution in [0, 0.1) is 5.92 Å². The second-order valence-corrected chi connectivity index (χ2v) is 9.55. The minimum absolute atomic E-state index is 0.0841. The van der Waals surface area contributed by atoms with E-state index >= 15 is 0 Å². The monoisotopic (exact) mass is 476 g/mol. The highest BCUT2D eigenvalue weighted by molar-refractivity contribution is 5.88. The Morgan fingerprint density at radius 1 is 1.24 bits per heavy atom. The van der Waals surface area contributed by atoms with Gasteiger partial charge in [-0.1, -0.05) is 12.2 Å². The Kier molecular flexibility index (Phi) is 5.93. The molecule has 2 fully saturated rings. The molecule has 1 N–H and O–H groups in total. The van der Waals surface area contributed by atoms with E-state index in [0.29, 0.717) is 17.6 Å². The lowest BCUT2D eigenvalue weighted by atomic mass is 9.83. The first-order chi connectivity index (χ1) is 15.9. The summed E-state index contributed by atoms with van der Waals surface area (Å²) in [5.74, 6) is -1.93. The van der Waals surface area contributed by atoms with Crippen LogP contribution >= 0.6 is 0 Å². The number of esters is 3. The summed E-state index contributed by atoms with van der Waals surface area (Å²) in [4.78, 5) is 48.5. The van der Waals surface area contributed by atoms with E-state index in [1.54, 1.807) is 6.92 Å². The molecule has 0 spiro atoms. The number of fused-ring (bicyclic) bond motifs is 2. The lowest BCUT2D eigenvalue weighted by Crippen LogP contribution is -2.42. The predicted molar refractivity (Wildman–Crippen MR) is 114 cm³/mol. The van der Waals surface area contributed by atoms with Crippen LogP contribution in [0.4, 0.5) is 0 Å². The summed E-state index contributed by atoms with van der Waals surface area (Å²) in [5.41, 5.74) is -2.31. The maximum Gasteiger partial charge on any atom is 0.345 e. The first kappa shape index (κ1) is 24.2. The molecule has 3 aliphatic heterocycles. The smallest absolute Gasteiger partial charge is 0.345 e. The van der Waals surface area contributed by atoms with E-state index in [1.807, 2.05) is 0 Å². The molecule has 4 rings (SSSR count). The number of aldehydes is 1. The minimum Gasteiger partial charge on any atom is -0.461 e. The van der Waals surface area contributed by atoms with E-state index in [0.717, 1.165) is 0 Å². The molecule has 1 aromatic rings. The van der Waals surface area contributed by atoms with E-state index < -0.39 is 53.5 Å². The molecular weight excluding hydrogens is 448 g/mol. The molecule has 1 unspecified atom stereocenters. The summed E-state index contributed by atoms with van der Waals surface area (Å²) in [6.07, 6.45) is -3.08. The van der Waals surface area contributed by atoms with Gasteiger partial charge in [0.05, 0.1) is 5.56 Å². The summed E-state index contributed by atoms with van der Waals surface area (Å²) in [6, 6.07) is 1.42. The van der Waals surface area contributed by atoms with Crippen LogP contribution in [-0.2, 0) is 39.8 Å². The lowest BCUT2D eigenvalue weighted by molar-refractivity contribution is -0.177. The second-order valence-electron chi connectivity index (χ2n) is 9.55. The van der Waals surface area contributed by atoms with Gasteiger partial charge in [-0.3, -0.25) is 14.4 Å². The number of ether oxygens (including phenoxy) is 4. The quantitative estimate of drug-likeness (QED) is 0.225. The fourth-order valence-corrected chi connectivity index (χ4v) is 5.00. The van der Waals surface area contributed by atoms with Gasteiger partial charge in [-0.15, -0.1) is 0 Å². The van der Waals surface area contributed by atoms with Crippen LogP contribution in [0.5, 0.6) is 0 Å². The molecule has 10 nitrogen and oxygen atoms in total. The van der Waals surface area contributed by atoms with Crippen LogP contribution in [0.2, 0.25) is 0 Å². The molecule has 10 heteroatoms. The number of rotatable bonds is 4. The summed E-state index contributed by atoms with van der Waals surface area (Å²) >= 11 is 0. The van der Waals surface area contributed by atoms with Gasteiger partial charge in [0.15, 0.2) is 12.4 Å². The number of carbonyl (C=O) groups excluding carboxylic acids is 4. The lowest BCUT2D eigenvalue weighted by Gasteiger charge is -2.32. The van der Waals surface area contributed by atoms with Crippen molar-refractivity contribution in [2.45, 2.75) is 82.6 Å². The van der Waals surface area contributed by atoms with Crippen molar-refractivity contribution in [3.63, 3.8) is 0 Å². The van der Waals surface area contributed by atoms with Crippen LogP contribution in [0.25, 0.3) is 0 Å². The average molecular weight is 476 g/mol. The Hall–Kier alpha value is -2.98. The molecule has 184 valence electrons. The Labute approximate surface area is 196 Å². The minimum atomic E-state index is -1.76. The number of allylic oxidation sites excluding steroid dienone is 1. The van der Waals surface area contributed by atoms with E-state index in [4.69, 9.17) is 23.4 Å². The van der Waals surface area contributed by atoms with Crippen molar-refractivity contribution in [3.8, 4) is 0 Å². The fraction of sp³-hybridized carbons (Fsp3) is 0.583. The predicted octanol–water partition coefficient (Wildman–Crippen LogP) is 1.97. The van der Waals surface area contributed by atoms with Crippen molar-refractivity contribution in [1.29, 1.82) is 0 Å². The standard InChI is InChI=1S/C24H28O10/c1-11(2)14-6-16-15(10-25)7-17(32-16)20(31-13(4)27)23(5,29)9-18-21-24(34-21,22(28)33-18)19(8-14)30-12(3)26/h7,10,14,18-21,29H,1,6,8-9H2,2-5H3/t14?,18-,19+,20+,21-,23-,24+/m0/s1. The highest BCUT2D eigenvalue weighted by Gasteiger charge is 2.78. The van der Waals surface area contributed by atoms with Crippen LogP contribution in [0.1, 0.15) is 68.5 Å². The zero-order chi connectivity index (χ0) is 25.0. The molecule has 4 bridgehead atoms. The average Bonchev–Trinajstić information content (AvgIpc) is 3.27. The van der Waals surface area contributed by atoms with Crippen LogP contribution < -0.4 is 0 Å². The zero-order valence-electron chi connectivity index (χ0n) is 19.5. The van der Waals surface area contributed by atoms with Crippen LogP contribution in [0.15, 0.2) is 22.6 Å². The van der Waals surface area contributed by atoms with Crippen molar-refractivity contribution >= 4 is 24.2 Å². The summed E-state index contributed by atoms with van der Waals surface area (Å²) < 4.78 is 28.2. The molecule has 0 aliphatic carbocycles. The van der Waals surface area contributed by atoms with Gasteiger partial charge < -0.3 is 28.5 Å². The van der Waals surface area contributed by atoms with Gasteiger partial charge in [-0.2, -0.15) is 0 Å². The van der Waals surface area contributed by atoms with Gasteiger partial charge in [-0.05, 0) is 32.3 Å². The first-order valence-electron chi connectivity index (χ1n) is 11.1. The number of furan rings is 1. The summed E-state index contributed by atoms with van der Waals surface area (Å²) in [6.45, 7) is 9.64. The van der Waals surface area contributed by atoms with Crippen molar-refractivity contribution in [3.05, 3.63) is 35.3 Å². The number of carbonyl (C=O) groups is 4. The number of hydrogen-bond acceptors (Lipinski definition) is 10. The SMILES string of the molecule is C=C(C)C1Cc2oc(cc2C=O)[C@@H](OC(C)=O)[C@@](C)(O)C[C@@H]2OC(=O)[C@@]3(O[C@@H]23)[C@H](OC(C)=O)C1. The second kappa shape index (κ2) is 8.35. The molecule has 0 radical (unpaired) electrons.